The van der Waals surface area contributed by atoms with Gasteiger partial charge in [-0.1, -0.05) is 6.07 Å². The molecular formula is C29H29NO7. The number of methoxy groups -OCH3 is 4. The Morgan fingerprint density at radius 3 is 2.43 bits per heavy atom. The first-order valence-corrected chi connectivity index (χ1v) is 11.9. The molecule has 0 saturated carbocycles. The molecule has 0 saturated heterocycles. The zero-order chi connectivity index (χ0) is 25.9. The maximum absolute atomic E-state index is 13.2. The number of rotatable bonds is 8. The van der Waals surface area contributed by atoms with E-state index in [2.05, 4.69) is 4.90 Å². The zero-order valence-electron chi connectivity index (χ0n) is 21.3. The minimum absolute atomic E-state index is 0.176. The molecule has 2 aliphatic rings. The Labute approximate surface area is 215 Å². The lowest BCUT2D eigenvalue weighted by molar-refractivity contribution is 0.0949. The van der Waals surface area contributed by atoms with Gasteiger partial charge < -0.3 is 28.4 Å². The SMILES string of the molecule is COc1ccc(OC)c(/C=C2\Oc3c(ccc4c3CN(CCc3ccc(OC)c(OC)c3)CO4)C2=O)c1. The lowest BCUT2D eigenvalue weighted by Crippen LogP contribution is -2.33. The van der Waals surface area contributed by atoms with Crippen molar-refractivity contribution in [3.05, 3.63) is 76.5 Å². The van der Waals surface area contributed by atoms with Gasteiger partial charge in [-0.2, -0.15) is 0 Å². The van der Waals surface area contributed by atoms with E-state index in [0.29, 0.717) is 53.2 Å². The third kappa shape index (κ3) is 4.80. The number of hydrogen-bond acceptors (Lipinski definition) is 8. The third-order valence-corrected chi connectivity index (χ3v) is 6.57. The van der Waals surface area contributed by atoms with Gasteiger partial charge in [-0.05, 0) is 60.5 Å². The second-order valence-electron chi connectivity index (χ2n) is 8.73. The van der Waals surface area contributed by atoms with Gasteiger partial charge >= 0.3 is 0 Å². The van der Waals surface area contributed by atoms with Crippen molar-refractivity contribution in [2.45, 2.75) is 13.0 Å². The van der Waals surface area contributed by atoms with E-state index in [4.69, 9.17) is 28.4 Å². The quantitative estimate of drug-likeness (QED) is 0.409. The van der Waals surface area contributed by atoms with Gasteiger partial charge in [-0.15, -0.1) is 0 Å². The first kappa shape index (κ1) is 24.5. The van der Waals surface area contributed by atoms with Gasteiger partial charge in [0.05, 0.1) is 39.6 Å². The average molecular weight is 504 g/mol. The molecule has 0 aliphatic carbocycles. The Hall–Kier alpha value is -4.17. The van der Waals surface area contributed by atoms with E-state index in [1.807, 2.05) is 24.3 Å². The average Bonchev–Trinajstić information content (AvgIpc) is 3.26. The largest absolute Gasteiger partial charge is 0.497 e. The maximum atomic E-state index is 13.2. The number of hydrogen-bond donors (Lipinski definition) is 0. The van der Waals surface area contributed by atoms with Gasteiger partial charge in [0.15, 0.2) is 17.3 Å². The van der Waals surface area contributed by atoms with Crippen LogP contribution in [-0.4, -0.2) is 52.4 Å². The fraction of sp³-hybridized carbons (Fsp3) is 0.276. The molecule has 0 aromatic heterocycles. The molecule has 0 spiro atoms. The lowest BCUT2D eigenvalue weighted by Gasteiger charge is -2.29. The highest BCUT2D eigenvalue weighted by atomic mass is 16.5. The molecule has 8 heteroatoms. The minimum atomic E-state index is -0.176. The summed E-state index contributed by atoms with van der Waals surface area (Å²) < 4.78 is 33.7. The molecule has 0 radical (unpaired) electrons. The first-order chi connectivity index (χ1) is 18.0. The summed E-state index contributed by atoms with van der Waals surface area (Å²) in [5.41, 5.74) is 3.22. The summed E-state index contributed by atoms with van der Waals surface area (Å²) in [4.78, 5) is 15.4. The molecule has 0 atom stereocenters. The number of carbonyl (C=O) groups excluding carboxylic acids is 1. The lowest BCUT2D eigenvalue weighted by atomic mass is 10.0. The monoisotopic (exact) mass is 503 g/mol. The minimum Gasteiger partial charge on any atom is -0.497 e. The van der Waals surface area contributed by atoms with Gasteiger partial charge in [-0.3, -0.25) is 9.69 Å². The summed E-state index contributed by atoms with van der Waals surface area (Å²) in [6, 6.07) is 14.9. The van der Waals surface area contributed by atoms with Crippen LogP contribution < -0.4 is 28.4 Å². The van der Waals surface area contributed by atoms with Crippen LogP contribution >= 0.6 is 0 Å². The van der Waals surface area contributed by atoms with Crippen LogP contribution in [0, 0.1) is 0 Å². The predicted octanol–water partition coefficient (Wildman–Crippen LogP) is 4.73. The number of fused-ring (bicyclic) bond motifs is 3. The molecule has 3 aromatic rings. The van der Waals surface area contributed by atoms with Crippen LogP contribution in [0.15, 0.2) is 54.3 Å². The number of nitrogens with zero attached hydrogens (tertiary/aromatic N) is 1. The van der Waals surface area contributed by atoms with Crippen molar-refractivity contribution in [2.24, 2.45) is 0 Å². The molecule has 0 fully saturated rings. The standard InChI is InChI=1S/C29H29NO7/c1-32-20-6-9-23(33-2)19(14-20)15-27-28(31)21-7-10-24-22(29(21)37-27)16-30(17-36-24)12-11-18-5-8-25(34-3)26(13-18)35-4/h5-10,13-15H,11-12,16-17H2,1-4H3/b27-15-. The molecular weight excluding hydrogens is 474 g/mol. The van der Waals surface area contributed by atoms with E-state index in [9.17, 15) is 4.79 Å². The van der Waals surface area contributed by atoms with Crippen molar-refractivity contribution in [2.75, 3.05) is 41.7 Å². The Morgan fingerprint density at radius 1 is 0.892 bits per heavy atom. The van der Waals surface area contributed by atoms with Crippen molar-refractivity contribution in [3.8, 4) is 34.5 Å². The van der Waals surface area contributed by atoms with E-state index in [0.717, 1.165) is 29.8 Å². The van der Waals surface area contributed by atoms with Crippen molar-refractivity contribution in [3.63, 3.8) is 0 Å². The normalized spacial score (nSPS) is 15.5. The Kier molecular flexibility index (Phi) is 6.92. The molecule has 2 heterocycles. The zero-order valence-corrected chi connectivity index (χ0v) is 21.3. The van der Waals surface area contributed by atoms with Crippen molar-refractivity contribution >= 4 is 11.9 Å². The van der Waals surface area contributed by atoms with Gasteiger partial charge in [0.1, 0.15) is 29.7 Å². The number of ether oxygens (including phenoxy) is 6. The second-order valence-corrected chi connectivity index (χ2v) is 8.73. The summed E-state index contributed by atoms with van der Waals surface area (Å²) >= 11 is 0. The van der Waals surface area contributed by atoms with Crippen LogP contribution in [0.1, 0.15) is 27.0 Å². The molecule has 0 N–H and O–H groups in total. The Bertz CT molecular complexity index is 1360. The number of carbonyl (C=O) groups is 1. The van der Waals surface area contributed by atoms with Crippen LogP contribution in [0.4, 0.5) is 0 Å². The van der Waals surface area contributed by atoms with E-state index in [1.54, 1.807) is 58.8 Å². The molecule has 37 heavy (non-hydrogen) atoms. The molecule has 3 aromatic carbocycles. The molecule has 0 amide bonds. The molecule has 5 rings (SSSR count). The highest BCUT2D eigenvalue weighted by Gasteiger charge is 2.33. The number of ketones is 1. The molecule has 8 nitrogen and oxygen atoms in total. The Balaban J connectivity index is 1.35. The highest BCUT2D eigenvalue weighted by Crippen LogP contribution is 2.42. The fourth-order valence-corrected chi connectivity index (χ4v) is 4.56. The Morgan fingerprint density at radius 2 is 1.68 bits per heavy atom. The van der Waals surface area contributed by atoms with E-state index in [-0.39, 0.29) is 11.5 Å². The topological polar surface area (TPSA) is 75.7 Å². The van der Waals surface area contributed by atoms with Gasteiger partial charge in [-0.25, -0.2) is 0 Å². The number of allylic oxidation sites excluding steroid dienone is 1. The van der Waals surface area contributed by atoms with E-state index in [1.165, 1.54) is 0 Å². The predicted molar refractivity (Wildman–Crippen MR) is 138 cm³/mol. The molecule has 2 aliphatic heterocycles. The maximum Gasteiger partial charge on any atom is 0.231 e. The second kappa shape index (κ2) is 10.4. The summed E-state index contributed by atoms with van der Waals surface area (Å²) in [7, 11) is 6.43. The van der Waals surface area contributed by atoms with Crippen LogP contribution in [0.3, 0.4) is 0 Å². The highest BCUT2D eigenvalue weighted by molar-refractivity contribution is 6.15. The summed E-state index contributed by atoms with van der Waals surface area (Å²) in [6.07, 6.45) is 2.49. The van der Waals surface area contributed by atoms with Crippen molar-refractivity contribution < 1.29 is 33.2 Å². The number of benzene rings is 3. The first-order valence-electron chi connectivity index (χ1n) is 11.9. The molecule has 192 valence electrons. The summed E-state index contributed by atoms with van der Waals surface area (Å²) in [5.74, 6) is 4.02. The van der Waals surface area contributed by atoms with Crippen molar-refractivity contribution in [1.82, 2.24) is 4.90 Å². The fourth-order valence-electron chi connectivity index (χ4n) is 4.56. The molecule has 0 unspecified atom stereocenters. The van der Waals surface area contributed by atoms with Gasteiger partial charge in [0.2, 0.25) is 5.78 Å². The smallest absolute Gasteiger partial charge is 0.231 e. The summed E-state index contributed by atoms with van der Waals surface area (Å²) in [5, 5.41) is 0. The van der Waals surface area contributed by atoms with Crippen LogP contribution in [0.2, 0.25) is 0 Å². The van der Waals surface area contributed by atoms with Crippen LogP contribution in [0.5, 0.6) is 34.5 Å². The van der Waals surface area contributed by atoms with Crippen molar-refractivity contribution in [1.29, 1.82) is 0 Å². The van der Waals surface area contributed by atoms with Gasteiger partial charge in [0, 0.05) is 18.7 Å². The van der Waals surface area contributed by atoms with E-state index < -0.39 is 0 Å². The van der Waals surface area contributed by atoms with Crippen LogP contribution in [-0.2, 0) is 13.0 Å². The number of Topliss-reactive ketones (excluding diaryl/α,β-unsaturated/α-hetero) is 1. The third-order valence-electron chi connectivity index (χ3n) is 6.57. The summed E-state index contributed by atoms with van der Waals surface area (Å²) in [6.45, 7) is 1.82. The van der Waals surface area contributed by atoms with Crippen LogP contribution in [0.25, 0.3) is 6.08 Å². The molecule has 0 bridgehead atoms. The van der Waals surface area contributed by atoms with E-state index >= 15 is 0 Å². The van der Waals surface area contributed by atoms with Gasteiger partial charge in [0.25, 0.3) is 0 Å².